The van der Waals surface area contributed by atoms with Gasteiger partial charge in [0.1, 0.15) is 11.4 Å². The van der Waals surface area contributed by atoms with Crippen LogP contribution in [0.1, 0.15) is 18.5 Å². The molecule has 2 N–H and O–H groups in total. The number of halogens is 1. The first-order chi connectivity index (χ1) is 11.0. The highest BCUT2D eigenvalue weighted by Crippen LogP contribution is 2.21. The summed E-state index contributed by atoms with van der Waals surface area (Å²) >= 11 is 0. The van der Waals surface area contributed by atoms with Crippen molar-refractivity contribution in [3.63, 3.8) is 0 Å². The van der Waals surface area contributed by atoms with Gasteiger partial charge >= 0.3 is 0 Å². The van der Waals surface area contributed by atoms with Crippen molar-refractivity contribution in [2.24, 2.45) is 0 Å². The van der Waals surface area contributed by atoms with Gasteiger partial charge in [-0.3, -0.25) is 0 Å². The average Bonchev–Trinajstić information content (AvgIpc) is 3.14. The van der Waals surface area contributed by atoms with E-state index in [0.717, 1.165) is 24.8 Å². The molecule has 2 aromatic rings. The van der Waals surface area contributed by atoms with Gasteiger partial charge in [0.15, 0.2) is 5.58 Å². The molecule has 24 heavy (non-hydrogen) atoms. The predicted octanol–water partition coefficient (Wildman–Crippen LogP) is 1.44. The molecule has 134 valence electrons. The van der Waals surface area contributed by atoms with Crippen LogP contribution in [0.4, 0.5) is 0 Å². The summed E-state index contributed by atoms with van der Waals surface area (Å²) in [7, 11) is -1.89. The smallest absolute Gasteiger partial charge is 0.217 e. The number of ether oxygens (including phenoxy) is 1. The van der Waals surface area contributed by atoms with Crippen molar-refractivity contribution >= 4 is 33.4 Å². The van der Waals surface area contributed by atoms with E-state index in [4.69, 9.17) is 9.26 Å². The fourth-order valence-corrected chi connectivity index (χ4v) is 4.16. The average molecular weight is 376 g/mol. The summed E-state index contributed by atoms with van der Waals surface area (Å²) < 4.78 is 37.8. The van der Waals surface area contributed by atoms with Crippen molar-refractivity contribution in [2.75, 3.05) is 26.8 Å². The monoisotopic (exact) mass is 375 g/mol. The summed E-state index contributed by atoms with van der Waals surface area (Å²) in [4.78, 5) is 0. The topological polar surface area (TPSA) is 93.5 Å². The quantitative estimate of drug-likeness (QED) is 0.760. The van der Waals surface area contributed by atoms with Crippen molar-refractivity contribution in [1.82, 2.24) is 15.2 Å². The molecule has 0 bridgehead atoms. The maximum absolute atomic E-state index is 12.4. The van der Waals surface area contributed by atoms with Crippen molar-refractivity contribution in [3.8, 4) is 0 Å². The third-order valence-corrected chi connectivity index (χ3v) is 5.40. The molecule has 7 nitrogen and oxygen atoms in total. The van der Waals surface area contributed by atoms with Crippen LogP contribution in [0.2, 0.25) is 0 Å². The largest absolute Gasteiger partial charge is 0.383 e. The highest BCUT2D eigenvalue weighted by atomic mass is 35.5. The Morgan fingerprint density at radius 3 is 2.92 bits per heavy atom. The number of para-hydroxylation sites is 1. The molecule has 1 atom stereocenters. The van der Waals surface area contributed by atoms with E-state index in [0.29, 0.717) is 24.4 Å². The van der Waals surface area contributed by atoms with E-state index in [1.54, 1.807) is 13.2 Å². The molecule has 1 aromatic heterocycles. The molecule has 9 heteroatoms. The molecule has 0 amide bonds. The Labute approximate surface area is 147 Å². The van der Waals surface area contributed by atoms with Gasteiger partial charge < -0.3 is 14.6 Å². The number of fused-ring (bicyclic) bond motifs is 1. The molecule has 1 unspecified atom stereocenters. The van der Waals surface area contributed by atoms with E-state index in [1.165, 1.54) is 0 Å². The second kappa shape index (κ2) is 7.79. The molecule has 1 aliphatic rings. The van der Waals surface area contributed by atoms with E-state index in [-0.39, 0.29) is 23.7 Å². The van der Waals surface area contributed by atoms with E-state index < -0.39 is 10.0 Å². The van der Waals surface area contributed by atoms with Crippen LogP contribution in [0, 0.1) is 0 Å². The number of hydrogen-bond donors (Lipinski definition) is 2. The van der Waals surface area contributed by atoms with Crippen LogP contribution >= 0.6 is 12.4 Å². The van der Waals surface area contributed by atoms with Gasteiger partial charge in [-0.25, -0.2) is 13.1 Å². The van der Waals surface area contributed by atoms with Gasteiger partial charge in [-0.1, -0.05) is 17.3 Å². The van der Waals surface area contributed by atoms with Gasteiger partial charge in [0, 0.05) is 19.0 Å². The van der Waals surface area contributed by atoms with Crippen LogP contribution < -0.4 is 10.0 Å². The summed E-state index contributed by atoms with van der Waals surface area (Å²) in [5, 5.41) is 7.95. The molecule has 0 saturated carbocycles. The number of nitrogens with one attached hydrogen (secondary N) is 2. The minimum atomic E-state index is -3.51. The third kappa shape index (κ3) is 4.25. The van der Waals surface area contributed by atoms with Crippen LogP contribution in [0.3, 0.4) is 0 Å². The molecule has 1 aromatic carbocycles. The fourth-order valence-electron chi connectivity index (χ4n) is 2.99. The highest BCUT2D eigenvalue weighted by Gasteiger charge is 2.34. The van der Waals surface area contributed by atoms with Gasteiger partial charge in [-0.05, 0) is 31.5 Å². The lowest BCUT2D eigenvalue weighted by atomic mass is 9.99. The summed E-state index contributed by atoms with van der Waals surface area (Å²) in [5.74, 6) is -0.201. The van der Waals surface area contributed by atoms with Gasteiger partial charge in [-0.2, -0.15) is 0 Å². The predicted molar refractivity (Wildman–Crippen MR) is 93.7 cm³/mol. The van der Waals surface area contributed by atoms with Gasteiger partial charge in [0.2, 0.25) is 10.0 Å². The molecule has 1 saturated heterocycles. The lowest BCUT2D eigenvalue weighted by Crippen LogP contribution is -2.53. The number of aromatic nitrogens is 1. The van der Waals surface area contributed by atoms with Crippen LogP contribution in [0.5, 0.6) is 0 Å². The first kappa shape index (κ1) is 19.1. The van der Waals surface area contributed by atoms with Crippen molar-refractivity contribution in [2.45, 2.75) is 24.1 Å². The van der Waals surface area contributed by atoms with E-state index >= 15 is 0 Å². The van der Waals surface area contributed by atoms with E-state index in [9.17, 15) is 8.42 Å². The Kier molecular flexibility index (Phi) is 6.22. The van der Waals surface area contributed by atoms with Crippen LogP contribution in [0.15, 0.2) is 28.8 Å². The molecule has 0 aliphatic carbocycles. The Bertz CT molecular complexity index is 772. The van der Waals surface area contributed by atoms with Crippen LogP contribution in [-0.4, -0.2) is 45.9 Å². The fraction of sp³-hybridized carbons (Fsp3) is 0.533. The van der Waals surface area contributed by atoms with E-state index in [1.807, 2.05) is 18.2 Å². The molecule has 0 spiro atoms. The Morgan fingerprint density at radius 1 is 1.42 bits per heavy atom. The minimum Gasteiger partial charge on any atom is -0.383 e. The zero-order valence-electron chi connectivity index (χ0n) is 13.4. The molecule has 2 heterocycles. The first-order valence-electron chi connectivity index (χ1n) is 7.58. The normalized spacial score (nSPS) is 21.0. The van der Waals surface area contributed by atoms with Gasteiger partial charge in [0.25, 0.3) is 0 Å². The number of nitrogens with zero attached hydrogens (tertiary/aromatic N) is 1. The lowest BCUT2D eigenvalue weighted by Gasteiger charge is -2.28. The number of benzene rings is 1. The Balaban J connectivity index is 0.00000208. The molecule has 0 radical (unpaired) electrons. The SMILES string of the molecule is COCC1(CNS(=O)(=O)Cc2noc3ccccc23)CCCN1.Cl. The minimum absolute atomic E-state index is 0. The summed E-state index contributed by atoms with van der Waals surface area (Å²) in [6, 6.07) is 7.23. The number of hydrogen-bond acceptors (Lipinski definition) is 6. The molecule has 1 fully saturated rings. The van der Waals surface area contributed by atoms with Gasteiger partial charge in [-0.15, -0.1) is 12.4 Å². The standard InChI is InChI=1S/C15H21N3O4S.ClH/c1-21-11-15(7-4-8-16-15)10-17-23(19,20)9-13-12-5-2-3-6-14(12)22-18-13;/h2-3,5-6,16-17H,4,7-11H2,1H3;1H. The Morgan fingerprint density at radius 2 is 2.21 bits per heavy atom. The van der Waals surface area contributed by atoms with Crippen molar-refractivity contribution in [3.05, 3.63) is 30.0 Å². The summed E-state index contributed by atoms with van der Waals surface area (Å²) in [6.07, 6.45) is 1.90. The Hall–Kier alpha value is -1.19. The van der Waals surface area contributed by atoms with Crippen LogP contribution in [0.25, 0.3) is 11.0 Å². The molecule has 3 rings (SSSR count). The number of sulfonamides is 1. The number of rotatable bonds is 7. The highest BCUT2D eigenvalue weighted by molar-refractivity contribution is 7.88. The zero-order valence-corrected chi connectivity index (χ0v) is 15.1. The van der Waals surface area contributed by atoms with Crippen molar-refractivity contribution < 1.29 is 17.7 Å². The lowest BCUT2D eigenvalue weighted by molar-refractivity contribution is 0.122. The second-order valence-electron chi connectivity index (χ2n) is 5.95. The van der Waals surface area contributed by atoms with Gasteiger partial charge in [0.05, 0.1) is 12.1 Å². The van der Waals surface area contributed by atoms with Crippen molar-refractivity contribution in [1.29, 1.82) is 0 Å². The molecular formula is C15H22ClN3O4S. The number of methoxy groups -OCH3 is 1. The summed E-state index contributed by atoms with van der Waals surface area (Å²) in [6.45, 7) is 1.65. The molecular weight excluding hydrogens is 354 g/mol. The second-order valence-corrected chi connectivity index (χ2v) is 7.76. The molecule has 1 aliphatic heterocycles. The first-order valence-corrected chi connectivity index (χ1v) is 9.23. The summed E-state index contributed by atoms with van der Waals surface area (Å²) in [5.41, 5.74) is 0.688. The zero-order chi connectivity index (χ0) is 16.3. The maximum atomic E-state index is 12.4. The maximum Gasteiger partial charge on any atom is 0.217 e. The van der Waals surface area contributed by atoms with E-state index in [2.05, 4.69) is 15.2 Å². The third-order valence-electron chi connectivity index (χ3n) is 4.16. The van der Waals surface area contributed by atoms with Crippen LogP contribution in [-0.2, 0) is 20.5 Å².